The lowest BCUT2D eigenvalue weighted by molar-refractivity contribution is 0.0478. The van der Waals surface area contributed by atoms with Crippen molar-refractivity contribution in [1.29, 1.82) is 0 Å². The third kappa shape index (κ3) is 4.17. The molecule has 0 spiro atoms. The SMILES string of the molecule is CCC1(C)CN(CC2(SC)CCCCC2)C(C(C)C)CN1. The zero-order valence-corrected chi connectivity index (χ0v) is 15.7. The predicted molar refractivity (Wildman–Crippen MR) is 96.2 cm³/mol. The summed E-state index contributed by atoms with van der Waals surface area (Å²) >= 11 is 2.15. The van der Waals surface area contributed by atoms with E-state index in [1.54, 1.807) is 0 Å². The van der Waals surface area contributed by atoms with Gasteiger partial charge in [0.15, 0.2) is 0 Å². The first-order chi connectivity index (χ1) is 9.94. The summed E-state index contributed by atoms with van der Waals surface area (Å²) in [4.78, 5) is 2.84. The second-order valence-electron chi connectivity index (χ2n) is 7.96. The normalized spacial score (nSPS) is 34.3. The number of hydrogen-bond acceptors (Lipinski definition) is 3. The number of piperazine rings is 1. The highest BCUT2D eigenvalue weighted by atomic mass is 32.2. The van der Waals surface area contributed by atoms with Crippen LogP contribution in [-0.4, -0.2) is 47.1 Å². The zero-order chi connectivity index (χ0) is 15.5. The van der Waals surface area contributed by atoms with Gasteiger partial charge in [-0.05, 0) is 38.4 Å². The molecule has 2 nitrogen and oxygen atoms in total. The largest absolute Gasteiger partial charge is 0.309 e. The van der Waals surface area contributed by atoms with Crippen LogP contribution in [0.3, 0.4) is 0 Å². The fourth-order valence-electron chi connectivity index (χ4n) is 4.16. The molecular formula is C18H36N2S. The average Bonchev–Trinajstić information content (AvgIpc) is 2.48. The van der Waals surface area contributed by atoms with Crippen molar-refractivity contribution in [3.05, 3.63) is 0 Å². The Labute approximate surface area is 136 Å². The molecule has 2 fully saturated rings. The molecule has 124 valence electrons. The van der Waals surface area contributed by atoms with Crippen LogP contribution in [0.5, 0.6) is 0 Å². The average molecular weight is 313 g/mol. The second kappa shape index (κ2) is 7.23. The summed E-state index contributed by atoms with van der Waals surface area (Å²) in [6.07, 6.45) is 10.7. The first kappa shape index (κ1) is 17.6. The van der Waals surface area contributed by atoms with E-state index in [-0.39, 0.29) is 0 Å². The lowest BCUT2D eigenvalue weighted by Crippen LogP contribution is -2.65. The van der Waals surface area contributed by atoms with Crippen LogP contribution < -0.4 is 5.32 Å². The van der Waals surface area contributed by atoms with Crippen LogP contribution in [0.1, 0.15) is 66.2 Å². The van der Waals surface area contributed by atoms with Gasteiger partial charge < -0.3 is 5.32 Å². The van der Waals surface area contributed by atoms with E-state index >= 15 is 0 Å². The molecule has 21 heavy (non-hydrogen) atoms. The summed E-state index contributed by atoms with van der Waals surface area (Å²) < 4.78 is 0.525. The first-order valence-corrected chi connectivity index (χ1v) is 10.2. The van der Waals surface area contributed by atoms with Gasteiger partial charge in [-0.15, -0.1) is 0 Å². The van der Waals surface area contributed by atoms with E-state index in [1.807, 2.05) is 0 Å². The van der Waals surface area contributed by atoms with E-state index in [0.717, 1.165) is 12.5 Å². The Kier molecular flexibility index (Phi) is 6.07. The van der Waals surface area contributed by atoms with Crippen molar-refractivity contribution < 1.29 is 0 Å². The molecule has 1 saturated heterocycles. The fraction of sp³-hybridized carbons (Fsp3) is 1.00. The summed E-state index contributed by atoms with van der Waals surface area (Å²) in [7, 11) is 0. The van der Waals surface area contributed by atoms with Crippen molar-refractivity contribution in [2.45, 2.75) is 82.5 Å². The molecule has 0 aromatic rings. The molecular weight excluding hydrogens is 276 g/mol. The van der Waals surface area contributed by atoms with Crippen molar-refractivity contribution in [2.75, 3.05) is 25.9 Å². The summed E-state index contributed by atoms with van der Waals surface area (Å²) in [5.41, 5.74) is 0.305. The Morgan fingerprint density at radius 2 is 1.90 bits per heavy atom. The van der Waals surface area contributed by atoms with Crippen molar-refractivity contribution >= 4 is 11.8 Å². The highest BCUT2D eigenvalue weighted by Crippen LogP contribution is 2.40. The van der Waals surface area contributed by atoms with Crippen LogP contribution in [0.2, 0.25) is 0 Å². The van der Waals surface area contributed by atoms with Crippen molar-refractivity contribution in [3.63, 3.8) is 0 Å². The Morgan fingerprint density at radius 3 is 2.43 bits per heavy atom. The molecule has 0 bridgehead atoms. The first-order valence-electron chi connectivity index (χ1n) is 8.98. The smallest absolute Gasteiger partial charge is 0.0284 e. The van der Waals surface area contributed by atoms with Crippen LogP contribution >= 0.6 is 11.8 Å². The van der Waals surface area contributed by atoms with Crippen molar-refractivity contribution in [2.24, 2.45) is 5.92 Å². The maximum absolute atomic E-state index is 3.83. The highest BCUT2D eigenvalue weighted by Gasteiger charge is 2.41. The Hall–Kier alpha value is 0.270. The molecule has 0 amide bonds. The van der Waals surface area contributed by atoms with Crippen LogP contribution in [0.15, 0.2) is 0 Å². The monoisotopic (exact) mass is 312 g/mol. The van der Waals surface area contributed by atoms with Crippen LogP contribution in [0.25, 0.3) is 0 Å². The highest BCUT2D eigenvalue weighted by molar-refractivity contribution is 8.00. The van der Waals surface area contributed by atoms with Crippen LogP contribution in [-0.2, 0) is 0 Å². The van der Waals surface area contributed by atoms with Crippen molar-refractivity contribution in [1.82, 2.24) is 10.2 Å². The molecule has 2 unspecified atom stereocenters. The van der Waals surface area contributed by atoms with Gasteiger partial charge in [-0.3, -0.25) is 4.90 Å². The standard InChI is InChI=1S/C18H36N2S/c1-6-17(4)13-20(16(12-19-17)15(2)3)14-18(21-5)10-8-7-9-11-18/h15-16,19H,6-14H2,1-5H3. The molecule has 1 aliphatic heterocycles. The predicted octanol–water partition coefficient (Wildman–Crippen LogP) is 4.15. The number of thioether (sulfide) groups is 1. The summed E-state index contributed by atoms with van der Waals surface area (Å²) in [6, 6.07) is 0.704. The molecule has 1 N–H and O–H groups in total. The van der Waals surface area contributed by atoms with E-state index in [2.05, 4.69) is 55.9 Å². The minimum absolute atomic E-state index is 0.305. The Balaban J connectivity index is 2.11. The number of nitrogens with zero attached hydrogens (tertiary/aromatic N) is 1. The van der Waals surface area contributed by atoms with E-state index < -0.39 is 0 Å². The maximum atomic E-state index is 3.83. The molecule has 2 rings (SSSR count). The van der Waals surface area contributed by atoms with Gasteiger partial charge in [0.1, 0.15) is 0 Å². The van der Waals surface area contributed by atoms with Gasteiger partial charge in [-0.2, -0.15) is 11.8 Å². The number of rotatable bonds is 5. The third-order valence-corrected chi connectivity index (χ3v) is 7.40. The minimum atomic E-state index is 0.305. The topological polar surface area (TPSA) is 15.3 Å². The van der Waals surface area contributed by atoms with E-state index in [4.69, 9.17) is 0 Å². The molecule has 0 aromatic heterocycles. The van der Waals surface area contributed by atoms with Crippen LogP contribution in [0.4, 0.5) is 0 Å². The van der Waals surface area contributed by atoms with Gasteiger partial charge in [0.05, 0.1) is 0 Å². The lowest BCUT2D eigenvalue weighted by Gasteiger charge is -2.51. The molecule has 1 saturated carbocycles. The molecule has 0 radical (unpaired) electrons. The Bertz CT molecular complexity index is 325. The molecule has 0 aromatic carbocycles. The Morgan fingerprint density at radius 1 is 1.24 bits per heavy atom. The maximum Gasteiger partial charge on any atom is 0.0284 e. The lowest BCUT2D eigenvalue weighted by atomic mass is 9.84. The molecule has 1 aliphatic carbocycles. The molecule has 1 heterocycles. The van der Waals surface area contributed by atoms with E-state index in [1.165, 1.54) is 51.6 Å². The van der Waals surface area contributed by atoms with E-state index in [0.29, 0.717) is 16.3 Å². The second-order valence-corrected chi connectivity index (χ2v) is 9.23. The quantitative estimate of drug-likeness (QED) is 0.821. The number of nitrogens with one attached hydrogen (secondary N) is 1. The van der Waals surface area contributed by atoms with Gasteiger partial charge >= 0.3 is 0 Å². The minimum Gasteiger partial charge on any atom is -0.309 e. The zero-order valence-electron chi connectivity index (χ0n) is 14.9. The third-order valence-electron chi connectivity index (χ3n) is 6.00. The van der Waals surface area contributed by atoms with Gasteiger partial charge in [-0.1, -0.05) is 40.0 Å². The van der Waals surface area contributed by atoms with Gasteiger partial charge in [-0.25, -0.2) is 0 Å². The van der Waals surface area contributed by atoms with E-state index in [9.17, 15) is 0 Å². The fourth-order valence-corrected chi connectivity index (χ4v) is 5.15. The number of hydrogen-bond donors (Lipinski definition) is 1. The molecule has 3 heteroatoms. The molecule has 2 aliphatic rings. The van der Waals surface area contributed by atoms with Gasteiger partial charge in [0.2, 0.25) is 0 Å². The summed E-state index contributed by atoms with van der Waals surface area (Å²) in [6.45, 7) is 13.2. The summed E-state index contributed by atoms with van der Waals surface area (Å²) in [5.74, 6) is 0.737. The van der Waals surface area contributed by atoms with Crippen LogP contribution in [0, 0.1) is 5.92 Å². The molecule has 2 atom stereocenters. The summed E-state index contributed by atoms with van der Waals surface area (Å²) in [5, 5.41) is 3.83. The van der Waals surface area contributed by atoms with Crippen molar-refractivity contribution in [3.8, 4) is 0 Å². The van der Waals surface area contributed by atoms with Gasteiger partial charge in [0, 0.05) is 36.0 Å². The van der Waals surface area contributed by atoms with Gasteiger partial charge in [0.25, 0.3) is 0 Å².